The number of carboxylic acids is 1. The van der Waals surface area contributed by atoms with E-state index in [0.717, 1.165) is 0 Å². The van der Waals surface area contributed by atoms with E-state index in [-0.39, 0.29) is 13.2 Å². The Morgan fingerprint density at radius 2 is 2.12 bits per heavy atom. The minimum absolute atomic E-state index is 0.349. The lowest BCUT2D eigenvalue weighted by molar-refractivity contribution is -0.318. The zero-order chi connectivity index (χ0) is 13.2. The summed E-state index contributed by atoms with van der Waals surface area (Å²) in [5.74, 6) is -3.25. The molecule has 0 spiro atoms. The summed E-state index contributed by atoms with van der Waals surface area (Å²) >= 11 is 0. The number of aliphatic carboxylic acids is 1. The average molecular weight is 251 g/mol. The van der Waals surface area contributed by atoms with E-state index in [1.807, 2.05) is 0 Å². The lowest BCUT2D eigenvalue weighted by Gasteiger charge is -2.41. The third-order valence-corrected chi connectivity index (χ3v) is 2.72. The van der Waals surface area contributed by atoms with Crippen molar-refractivity contribution in [3.8, 4) is 0 Å². The largest absolute Gasteiger partial charge is 0.480 e. The molecular formula is C9H17NO7. The molecule has 1 fully saturated rings. The van der Waals surface area contributed by atoms with Crippen LogP contribution in [0.25, 0.3) is 0 Å². The second-order valence-electron chi connectivity index (χ2n) is 4.10. The number of rotatable bonds is 4. The number of nitrogens with one attached hydrogen (secondary N) is 1. The topological polar surface area (TPSA) is 139 Å². The minimum Gasteiger partial charge on any atom is -0.480 e. The van der Waals surface area contributed by atoms with Crippen molar-refractivity contribution in [2.75, 3.05) is 13.2 Å². The Hall–Kier alpha value is -0.770. The van der Waals surface area contributed by atoms with Gasteiger partial charge in [0.2, 0.25) is 5.79 Å². The van der Waals surface area contributed by atoms with Crippen molar-refractivity contribution in [3.63, 3.8) is 0 Å². The number of carbonyl (C=O) groups is 1. The predicted octanol–water partition coefficient (Wildman–Crippen LogP) is -3.15. The molecule has 1 aliphatic heterocycles. The maximum atomic E-state index is 10.5. The van der Waals surface area contributed by atoms with Gasteiger partial charge < -0.3 is 30.3 Å². The highest BCUT2D eigenvalue weighted by Gasteiger charge is 2.48. The van der Waals surface area contributed by atoms with Crippen molar-refractivity contribution in [2.24, 2.45) is 0 Å². The van der Waals surface area contributed by atoms with Gasteiger partial charge in [-0.2, -0.15) is 0 Å². The first-order valence-electron chi connectivity index (χ1n) is 5.14. The molecule has 0 aromatic carbocycles. The monoisotopic (exact) mass is 251 g/mol. The molecule has 0 unspecified atom stereocenters. The van der Waals surface area contributed by atoms with Gasteiger partial charge in [-0.25, -0.2) is 0 Å². The highest BCUT2D eigenvalue weighted by atomic mass is 16.6. The fourth-order valence-electron chi connectivity index (χ4n) is 1.43. The smallest absolute Gasteiger partial charge is 0.320 e. The van der Waals surface area contributed by atoms with Crippen LogP contribution in [0.5, 0.6) is 0 Å². The Labute approximate surface area is 97.4 Å². The second-order valence-corrected chi connectivity index (χ2v) is 4.10. The van der Waals surface area contributed by atoms with Gasteiger partial charge in [0.05, 0.1) is 13.2 Å². The fraction of sp³-hybridized carbons (Fsp3) is 0.889. The van der Waals surface area contributed by atoms with Crippen LogP contribution in [0.3, 0.4) is 0 Å². The zero-order valence-corrected chi connectivity index (χ0v) is 9.28. The van der Waals surface area contributed by atoms with Crippen molar-refractivity contribution in [1.29, 1.82) is 0 Å². The minimum atomic E-state index is -2.12. The number of hydrogen-bond donors (Lipinski definition) is 6. The van der Waals surface area contributed by atoms with Gasteiger partial charge in [-0.15, -0.1) is 0 Å². The first kappa shape index (κ1) is 14.3. The second kappa shape index (κ2) is 5.25. The Morgan fingerprint density at radius 1 is 1.53 bits per heavy atom. The lowest BCUT2D eigenvalue weighted by Crippen LogP contribution is -2.65. The first-order chi connectivity index (χ1) is 7.78. The standard InChI is InChI=1S/C9H17NO7/c1-4(8(14)15)10-3-9(16)7(13)6(12)5(11)2-17-9/h4-7,10-13,16H,2-3H2,1H3,(H,14,15)/t4-,5-,6-,7+,9+/m1/s1. The maximum absolute atomic E-state index is 10.5. The Bertz CT molecular complexity index is 287. The molecule has 1 heterocycles. The molecule has 100 valence electrons. The number of aliphatic hydroxyl groups excluding tert-OH is 3. The zero-order valence-electron chi connectivity index (χ0n) is 9.28. The van der Waals surface area contributed by atoms with Gasteiger partial charge in [0.15, 0.2) is 0 Å². The van der Waals surface area contributed by atoms with Crippen LogP contribution in [0.4, 0.5) is 0 Å². The van der Waals surface area contributed by atoms with E-state index < -0.39 is 36.1 Å². The molecule has 6 N–H and O–H groups in total. The summed E-state index contributed by atoms with van der Waals surface area (Å²) in [4.78, 5) is 10.5. The van der Waals surface area contributed by atoms with Crippen LogP contribution in [0.15, 0.2) is 0 Å². The molecule has 1 aliphatic rings. The quantitative estimate of drug-likeness (QED) is 0.308. The summed E-state index contributed by atoms with van der Waals surface area (Å²) in [5, 5.41) is 49.0. The summed E-state index contributed by atoms with van der Waals surface area (Å²) < 4.78 is 4.83. The van der Waals surface area contributed by atoms with Crippen LogP contribution in [-0.2, 0) is 9.53 Å². The molecule has 0 amide bonds. The van der Waals surface area contributed by atoms with Gasteiger partial charge >= 0.3 is 5.97 Å². The molecule has 5 atom stereocenters. The fourth-order valence-corrected chi connectivity index (χ4v) is 1.43. The summed E-state index contributed by atoms with van der Waals surface area (Å²) in [6.45, 7) is 0.620. The highest BCUT2D eigenvalue weighted by molar-refractivity contribution is 5.72. The van der Waals surface area contributed by atoms with E-state index >= 15 is 0 Å². The first-order valence-corrected chi connectivity index (χ1v) is 5.14. The summed E-state index contributed by atoms with van der Waals surface area (Å²) in [6.07, 6.45) is -4.56. The van der Waals surface area contributed by atoms with Crippen LogP contribution in [-0.4, -0.2) is 74.8 Å². The Balaban J connectivity index is 2.59. The molecule has 0 saturated carbocycles. The van der Waals surface area contributed by atoms with Crippen molar-refractivity contribution in [2.45, 2.75) is 37.1 Å². The number of carboxylic acid groups (broad SMARTS) is 1. The van der Waals surface area contributed by atoms with E-state index in [1.54, 1.807) is 0 Å². The molecule has 8 heteroatoms. The molecule has 1 saturated heterocycles. The summed E-state index contributed by atoms with van der Waals surface area (Å²) in [5.41, 5.74) is 0. The van der Waals surface area contributed by atoms with Gasteiger partial charge in [0, 0.05) is 0 Å². The van der Waals surface area contributed by atoms with Gasteiger partial charge in [-0.05, 0) is 6.92 Å². The van der Waals surface area contributed by atoms with E-state index in [4.69, 9.17) is 9.84 Å². The molecule has 0 aromatic heterocycles. The third-order valence-electron chi connectivity index (χ3n) is 2.72. The molecular weight excluding hydrogens is 234 g/mol. The molecule has 0 radical (unpaired) electrons. The molecule has 17 heavy (non-hydrogen) atoms. The van der Waals surface area contributed by atoms with Gasteiger partial charge in [-0.3, -0.25) is 10.1 Å². The van der Waals surface area contributed by atoms with Crippen LogP contribution >= 0.6 is 0 Å². The van der Waals surface area contributed by atoms with Crippen LogP contribution in [0.1, 0.15) is 6.92 Å². The van der Waals surface area contributed by atoms with Gasteiger partial charge in [0.25, 0.3) is 0 Å². The summed E-state index contributed by atoms with van der Waals surface area (Å²) in [6, 6.07) is -0.946. The maximum Gasteiger partial charge on any atom is 0.320 e. The molecule has 0 aromatic rings. The molecule has 0 aliphatic carbocycles. The Kier molecular flexibility index (Phi) is 4.42. The Morgan fingerprint density at radius 3 is 2.65 bits per heavy atom. The van der Waals surface area contributed by atoms with Crippen molar-refractivity contribution >= 4 is 5.97 Å². The number of aliphatic hydroxyl groups is 4. The van der Waals surface area contributed by atoms with E-state index in [0.29, 0.717) is 0 Å². The molecule has 8 nitrogen and oxygen atoms in total. The van der Waals surface area contributed by atoms with Gasteiger partial charge in [-0.1, -0.05) is 0 Å². The summed E-state index contributed by atoms with van der Waals surface area (Å²) in [7, 11) is 0. The average Bonchev–Trinajstić information content (AvgIpc) is 2.29. The van der Waals surface area contributed by atoms with Crippen LogP contribution < -0.4 is 5.32 Å². The SMILES string of the molecule is C[C@@H](NC[C@]1(O)OC[C@@H](O)[C@@H](O)[C@@H]1O)C(=O)O. The van der Waals surface area contributed by atoms with Crippen LogP contribution in [0, 0.1) is 0 Å². The van der Waals surface area contributed by atoms with Crippen molar-refractivity contribution in [1.82, 2.24) is 5.32 Å². The highest BCUT2D eigenvalue weighted by Crippen LogP contribution is 2.23. The predicted molar refractivity (Wildman–Crippen MR) is 54.0 cm³/mol. The normalized spacial score (nSPS) is 39.9. The van der Waals surface area contributed by atoms with Gasteiger partial charge in [0.1, 0.15) is 24.4 Å². The van der Waals surface area contributed by atoms with Crippen molar-refractivity contribution in [3.05, 3.63) is 0 Å². The molecule has 1 rings (SSSR count). The number of ether oxygens (including phenoxy) is 1. The number of hydrogen-bond acceptors (Lipinski definition) is 7. The molecule has 0 bridgehead atoms. The van der Waals surface area contributed by atoms with E-state index in [1.165, 1.54) is 6.92 Å². The lowest BCUT2D eigenvalue weighted by atomic mass is 9.96. The van der Waals surface area contributed by atoms with Crippen LogP contribution in [0.2, 0.25) is 0 Å². The van der Waals surface area contributed by atoms with Crippen molar-refractivity contribution < 1.29 is 35.1 Å². The third kappa shape index (κ3) is 3.12. The van der Waals surface area contributed by atoms with E-state index in [2.05, 4.69) is 5.32 Å². The van der Waals surface area contributed by atoms with E-state index in [9.17, 15) is 25.2 Å².